The molecule has 2 aliphatic rings. The fourth-order valence-corrected chi connectivity index (χ4v) is 3.97. The van der Waals surface area contributed by atoms with Crippen molar-refractivity contribution in [1.29, 1.82) is 0 Å². The summed E-state index contributed by atoms with van der Waals surface area (Å²) in [4.78, 5) is 2.67. The zero-order valence-corrected chi connectivity index (χ0v) is 16.1. The molecule has 0 radical (unpaired) electrons. The SMILES string of the molecule is CC(C)(C)c1[nH]ncc1CNCC(C1CCOC1)N1CCCC1.Cl. The molecule has 2 saturated heterocycles. The van der Waals surface area contributed by atoms with Gasteiger partial charge in [-0.3, -0.25) is 10.00 Å². The highest BCUT2D eigenvalue weighted by Crippen LogP contribution is 2.25. The number of ether oxygens (including phenoxy) is 1. The number of rotatable bonds is 6. The normalized spacial score (nSPS) is 23.4. The molecule has 6 heteroatoms. The smallest absolute Gasteiger partial charge is 0.0535 e. The molecular formula is C18H33ClN4O. The van der Waals surface area contributed by atoms with Crippen molar-refractivity contribution in [2.75, 3.05) is 32.8 Å². The summed E-state index contributed by atoms with van der Waals surface area (Å²) in [6, 6.07) is 0.616. The Balaban J connectivity index is 0.00000208. The maximum absolute atomic E-state index is 5.64. The lowest BCUT2D eigenvalue weighted by Gasteiger charge is -2.32. The number of aromatic nitrogens is 2. The highest BCUT2D eigenvalue weighted by atomic mass is 35.5. The molecule has 2 aliphatic heterocycles. The predicted molar refractivity (Wildman–Crippen MR) is 99.8 cm³/mol. The molecule has 1 aromatic rings. The Morgan fingerprint density at radius 3 is 2.75 bits per heavy atom. The molecule has 2 unspecified atom stereocenters. The fraction of sp³-hybridized carbons (Fsp3) is 0.833. The second kappa shape index (κ2) is 8.65. The first kappa shape index (κ1) is 19.7. The molecule has 0 saturated carbocycles. The zero-order valence-electron chi connectivity index (χ0n) is 15.3. The second-order valence-corrected chi connectivity index (χ2v) is 8.09. The van der Waals surface area contributed by atoms with Crippen molar-refractivity contribution in [3.05, 3.63) is 17.5 Å². The van der Waals surface area contributed by atoms with Crippen LogP contribution in [0.5, 0.6) is 0 Å². The molecule has 138 valence electrons. The van der Waals surface area contributed by atoms with Crippen LogP contribution in [-0.4, -0.2) is 54.0 Å². The van der Waals surface area contributed by atoms with Gasteiger partial charge >= 0.3 is 0 Å². The van der Waals surface area contributed by atoms with Crippen LogP contribution < -0.4 is 5.32 Å². The Bertz CT molecular complexity index is 471. The van der Waals surface area contributed by atoms with E-state index in [0.29, 0.717) is 12.0 Å². The lowest BCUT2D eigenvalue weighted by molar-refractivity contribution is 0.134. The fourth-order valence-electron chi connectivity index (χ4n) is 3.97. The van der Waals surface area contributed by atoms with Crippen LogP contribution in [0.3, 0.4) is 0 Å². The molecule has 3 rings (SSSR count). The topological polar surface area (TPSA) is 53.2 Å². The average molecular weight is 357 g/mol. The molecule has 0 bridgehead atoms. The van der Waals surface area contributed by atoms with Crippen molar-refractivity contribution in [2.24, 2.45) is 5.92 Å². The minimum atomic E-state index is 0. The summed E-state index contributed by atoms with van der Waals surface area (Å²) in [5, 5.41) is 11.1. The van der Waals surface area contributed by atoms with Crippen LogP contribution in [0.1, 0.15) is 51.3 Å². The first-order chi connectivity index (χ1) is 11.1. The Kier molecular flexibility index (Phi) is 7.10. The lowest BCUT2D eigenvalue weighted by Crippen LogP contribution is -2.46. The molecule has 0 spiro atoms. The first-order valence-electron chi connectivity index (χ1n) is 9.11. The molecule has 2 N–H and O–H groups in total. The number of likely N-dealkylation sites (tertiary alicyclic amines) is 1. The van der Waals surface area contributed by atoms with E-state index in [-0.39, 0.29) is 17.8 Å². The Morgan fingerprint density at radius 1 is 1.38 bits per heavy atom. The summed E-state index contributed by atoms with van der Waals surface area (Å²) in [7, 11) is 0. The van der Waals surface area contributed by atoms with E-state index in [1.54, 1.807) is 0 Å². The number of hydrogen-bond acceptors (Lipinski definition) is 4. The van der Waals surface area contributed by atoms with Gasteiger partial charge in [-0.1, -0.05) is 20.8 Å². The summed E-state index contributed by atoms with van der Waals surface area (Å²) >= 11 is 0. The number of hydrogen-bond donors (Lipinski definition) is 2. The van der Waals surface area contributed by atoms with Gasteiger partial charge in [0.25, 0.3) is 0 Å². The standard InChI is InChI=1S/C18H32N4O.ClH/c1-18(2,3)17-15(11-20-21-17)10-19-12-16(14-6-9-23-13-14)22-7-4-5-8-22;/h11,14,16,19H,4-10,12-13H2,1-3H3,(H,20,21);1H. The first-order valence-corrected chi connectivity index (χ1v) is 9.11. The third-order valence-electron chi connectivity index (χ3n) is 5.26. The summed E-state index contributed by atoms with van der Waals surface area (Å²) in [5.74, 6) is 0.687. The van der Waals surface area contributed by atoms with Crippen LogP contribution in [0.25, 0.3) is 0 Å². The van der Waals surface area contributed by atoms with Gasteiger partial charge in [-0.05, 0) is 32.4 Å². The van der Waals surface area contributed by atoms with Crippen LogP contribution in [0.4, 0.5) is 0 Å². The second-order valence-electron chi connectivity index (χ2n) is 8.09. The molecule has 0 amide bonds. The monoisotopic (exact) mass is 356 g/mol. The minimum Gasteiger partial charge on any atom is -0.381 e. The number of aromatic amines is 1. The molecule has 2 fully saturated rings. The van der Waals surface area contributed by atoms with E-state index in [9.17, 15) is 0 Å². The van der Waals surface area contributed by atoms with E-state index in [2.05, 4.69) is 41.2 Å². The van der Waals surface area contributed by atoms with Crippen LogP contribution in [0.15, 0.2) is 6.20 Å². The van der Waals surface area contributed by atoms with Crippen molar-refractivity contribution < 1.29 is 4.74 Å². The molecule has 0 aromatic carbocycles. The van der Waals surface area contributed by atoms with Crippen LogP contribution in [0.2, 0.25) is 0 Å². The summed E-state index contributed by atoms with van der Waals surface area (Å²) in [6.45, 7) is 13.0. The van der Waals surface area contributed by atoms with Gasteiger partial charge in [0.2, 0.25) is 0 Å². The zero-order chi connectivity index (χ0) is 16.3. The maximum Gasteiger partial charge on any atom is 0.0535 e. The van der Waals surface area contributed by atoms with Gasteiger partial charge in [0.05, 0.1) is 12.8 Å². The van der Waals surface area contributed by atoms with E-state index < -0.39 is 0 Å². The quantitative estimate of drug-likeness (QED) is 0.822. The van der Waals surface area contributed by atoms with E-state index in [0.717, 1.165) is 26.3 Å². The highest BCUT2D eigenvalue weighted by Gasteiger charge is 2.31. The van der Waals surface area contributed by atoms with Crippen molar-refractivity contribution in [3.8, 4) is 0 Å². The predicted octanol–water partition coefficient (Wildman–Crippen LogP) is 2.72. The Hall–Kier alpha value is -0.620. The van der Waals surface area contributed by atoms with Gasteiger partial charge in [-0.2, -0.15) is 5.10 Å². The number of nitrogens with one attached hydrogen (secondary N) is 2. The number of halogens is 1. The van der Waals surface area contributed by atoms with Crippen molar-refractivity contribution in [2.45, 2.75) is 58.0 Å². The number of nitrogens with zero attached hydrogens (tertiary/aromatic N) is 2. The van der Waals surface area contributed by atoms with E-state index in [1.165, 1.54) is 43.6 Å². The van der Waals surface area contributed by atoms with E-state index >= 15 is 0 Å². The van der Waals surface area contributed by atoms with E-state index in [1.807, 2.05) is 6.20 Å². The van der Waals surface area contributed by atoms with Crippen molar-refractivity contribution in [1.82, 2.24) is 20.4 Å². The highest BCUT2D eigenvalue weighted by molar-refractivity contribution is 5.85. The molecule has 1 aromatic heterocycles. The van der Waals surface area contributed by atoms with Gasteiger partial charge in [-0.25, -0.2) is 0 Å². The molecule has 5 nitrogen and oxygen atoms in total. The molecule has 2 atom stereocenters. The summed E-state index contributed by atoms with van der Waals surface area (Å²) < 4.78 is 5.64. The van der Waals surface area contributed by atoms with Crippen LogP contribution in [-0.2, 0) is 16.7 Å². The largest absolute Gasteiger partial charge is 0.381 e. The molecular weight excluding hydrogens is 324 g/mol. The maximum atomic E-state index is 5.64. The summed E-state index contributed by atoms with van der Waals surface area (Å²) in [6.07, 6.45) is 5.87. The van der Waals surface area contributed by atoms with Crippen LogP contribution in [0, 0.1) is 5.92 Å². The third-order valence-corrected chi connectivity index (χ3v) is 5.26. The summed E-state index contributed by atoms with van der Waals surface area (Å²) in [5.41, 5.74) is 2.65. The molecule has 24 heavy (non-hydrogen) atoms. The minimum absolute atomic E-state index is 0. The van der Waals surface area contributed by atoms with Gasteiger partial charge in [-0.15, -0.1) is 12.4 Å². The van der Waals surface area contributed by atoms with Crippen LogP contribution >= 0.6 is 12.4 Å². The van der Waals surface area contributed by atoms with Crippen molar-refractivity contribution in [3.63, 3.8) is 0 Å². The molecule has 0 aliphatic carbocycles. The Morgan fingerprint density at radius 2 is 2.12 bits per heavy atom. The lowest BCUT2D eigenvalue weighted by atomic mass is 9.89. The van der Waals surface area contributed by atoms with Gasteiger partial charge < -0.3 is 10.1 Å². The van der Waals surface area contributed by atoms with Gasteiger partial charge in [0, 0.05) is 48.3 Å². The van der Waals surface area contributed by atoms with Gasteiger partial charge in [0.15, 0.2) is 0 Å². The number of H-pyrrole nitrogens is 1. The average Bonchev–Trinajstić information content (AvgIpc) is 3.22. The van der Waals surface area contributed by atoms with E-state index in [4.69, 9.17) is 4.74 Å². The van der Waals surface area contributed by atoms with Gasteiger partial charge in [0.1, 0.15) is 0 Å². The Labute approximate surface area is 152 Å². The molecule has 3 heterocycles. The van der Waals surface area contributed by atoms with Crippen molar-refractivity contribution >= 4 is 12.4 Å². The third kappa shape index (κ3) is 4.72.